The highest BCUT2D eigenvalue weighted by atomic mass is 32.2. The molecule has 3 rings (SSSR count). The third-order valence-corrected chi connectivity index (χ3v) is 13.7. The molecule has 1 saturated heterocycles. The summed E-state index contributed by atoms with van der Waals surface area (Å²) in [7, 11) is -16.4. The number of rotatable bonds is 29. The van der Waals surface area contributed by atoms with Crippen molar-refractivity contribution >= 4 is 69.1 Å². The number of nitrogen functional groups attached to an aromatic ring is 1. The maximum absolute atomic E-state index is 12.7. The number of hydrogen-bond donors (Lipinski definition) is 9. The molecule has 2 aromatic rings. The van der Waals surface area contributed by atoms with Gasteiger partial charge >= 0.3 is 23.5 Å². The van der Waals surface area contributed by atoms with E-state index in [9.17, 15) is 57.9 Å². The maximum atomic E-state index is 12.7. The number of thioether (sulfide) groups is 1. The van der Waals surface area contributed by atoms with Crippen LogP contribution in [0.5, 0.6) is 0 Å². The molecule has 2 aromatic heterocycles. The van der Waals surface area contributed by atoms with Crippen molar-refractivity contribution in [1.29, 1.82) is 0 Å². The average Bonchev–Trinajstić information content (AvgIpc) is 3.75. The SMILES string of the molecule is CCCCCCCCC(C)CCC(=O)SCCNC(=O)CCNC(=O)C(O)C(C)(C)COP(=O)(O)OP(=O)(O)OCC1OC(n2cnc3c(N)ncnc32)C(O)C1OP(=O)(O)O. The lowest BCUT2D eigenvalue weighted by Gasteiger charge is -2.30. The molecule has 62 heavy (non-hydrogen) atoms. The zero-order valence-electron chi connectivity index (χ0n) is 35.0. The summed E-state index contributed by atoms with van der Waals surface area (Å²) in [6.07, 6.45) is 2.91. The first-order valence-corrected chi connectivity index (χ1v) is 25.5. The largest absolute Gasteiger partial charge is 0.481 e. The van der Waals surface area contributed by atoms with Gasteiger partial charge < -0.3 is 50.9 Å². The van der Waals surface area contributed by atoms with Gasteiger partial charge in [0, 0.05) is 37.1 Å². The number of carbonyl (C=O) groups excluding carboxylic acids is 3. The predicted octanol–water partition coefficient (Wildman–Crippen LogP) is 2.83. The molecule has 0 spiro atoms. The topological polar surface area (TPSA) is 364 Å². The lowest BCUT2D eigenvalue weighted by Crippen LogP contribution is -2.46. The van der Waals surface area contributed by atoms with Gasteiger partial charge in [0.05, 0.1) is 19.5 Å². The number of aliphatic hydroxyl groups excluding tert-OH is 2. The van der Waals surface area contributed by atoms with Gasteiger partial charge in [-0.3, -0.25) is 32.5 Å². The Hall–Kier alpha value is -2.44. The van der Waals surface area contributed by atoms with Crippen LogP contribution in [0, 0.1) is 11.3 Å². The summed E-state index contributed by atoms with van der Waals surface area (Å²) in [6.45, 7) is 4.91. The molecule has 0 saturated carbocycles. The number of anilines is 1. The number of amides is 2. The van der Waals surface area contributed by atoms with E-state index < -0.39 is 84.6 Å². The Balaban J connectivity index is 1.39. The summed E-state index contributed by atoms with van der Waals surface area (Å²) >= 11 is 1.15. The summed E-state index contributed by atoms with van der Waals surface area (Å²) < 4.78 is 62.3. The fourth-order valence-corrected chi connectivity index (χ4v) is 9.67. The standard InChI is InChI=1S/C34H60N7O17P3S/c1-5-6-7-8-9-10-11-22(2)12-13-25(43)62-17-16-36-24(42)14-15-37-32(46)29(45)34(3,4)19-55-61(52,53)58-60(50,51)54-18-23-28(57-59(47,48)49)27(44)33(56-23)41-21-40-26-30(35)38-20-39-31(26)41/h20-23,27-29,33,44-45H,5-19H2,1-4H3,(H,36,42)(H,37,46)(H,50,51)(H,52,53)(H2,35,38,39)(H2,47,48,49). The van der Waals surface area contributed by atoms with Gasteiger partial charge in [-0.05, 0) is 12.3 Å². The highest BCUT2D eigenvalue weighted by molar-refractivity contribution is 8.13. The van der Waals surface area contributed by atoms with Gasteiger partial charge in [-0.1, -0.05) is 84.4 Å². The van der Waals surface area contributed by atoms with E-state index in [2.05, 4.69) is 48.3 Å². The second-order valence-corrected chi connectivity index (χ2v) is 20.9. The molecule has 1 aliphatic heterocycles. The molecule has 0 radical (unpaired) electrons. The van der Waals surface area contributed by atoms with Gasteiger partial charge in [0.1, 0.15) is 36.3 Å². The molecule has 354 valence electrons. The summed E-state index contributed by atoms with van der Waals surface area (Å²) in [5, 5.41) is 26.6. The Morgan fingerprint density at radius 1 is 0.968 bits per heavy atom. The van der Waals surface area contributed by atoms with Crippen LogP contribution in [0.25, 0.3) is 11.2 Å². The quantitative estimate of drug-likeness (QED) is 0.0418. The van der Waals surface area contributed by atoms with Crippen molar-refractivity contribution in [2.24, 2.45) is 11.3 Å². The number of nitrogens with one attached hydrogen (secondary N) is 2. The van der Waals surface area contributed by atoms with Crippen molar-refractivity contribution in [1.82, 2.24) is 30.2 Å². The van der Waals surface area contributed by atoms with Crippen LogP contribution in [0.15, 0.2) is 12.7 Å². The van der Waals surface area contributed by atoms with Crippen LogP contribution in [-0.4, -0.2) is 123 Å². The zero-order valence-corrected chi connectivity index (χ0v) is 38.5. The lowest BCUT2D eigenvalue weighted by molar-refractivity contribution is -0.137. The van der Waals surface area contributed by atoms with Crippen LogP contribution < -0.4 is 16.4 Å². The third-order valence-electron chi connectivity index (χ3n) is 9.66. The van der Waals surface area contributed by atoms with E-state index in [4.69, 9.17) is 19.5 Å². The van der Waals surface area contributed by atoms with Crippen LogP contribution in [-0.2, 0) is 50.7 Å². The summed E-state index contributed by atoms with van der Waals surface area (Å²) in [5.41, 5.74) is 4.28. The summed E-state index contributed by atoms with van der Waals surface area (Å²) in [6, 6.07) is 0. The Morgan fingerprint density at radius 3 is 2.34 bits per heavy atom. The number of aliphatic hydroxyl groups is 2. The van der Waals surface area contributed by atoms with E-state index in [0.29, 0.717) is 18.1 Å². The van der Waals surface area contributed by atoms with Crippen LogP contribution in [0.3, 0.4) is 0 Å². The number of nitrogens with zero attached hydrogens (tertiary/aromatic N) is 4. The Bertz CT molecular complexity index is 1920. The molecular formula is C34H60N7O17P3S. The van der Waals surface area contributed by atoms with E-state index in [1.54, 1.807) is 0 Å². The number of carbonyl (C=O) groups is 3. The fraction of sp³-hybridized carbons (Fsp3) is 0.765. The number of phosphoric ester groups is 3. The molecular weight excluding hydrogens is 903 g/mol. The first kappa shape index (κ1) is 53.9. The number of phosphoric acid groups is 3. The van der Waals surface area contributed by atoms with Crippen molar-refractivity contribution in [3.05, 3.63) is 12.7 Å². The number of imidazole rings is 1. The molecule has 1 aliphatic rings. The van der Waals surface area contributed by atoms with Crippen LogP contribution in [0.4, 0.5) is 5.82 Å². The van der Waals surface area contributed by atoms with Crippen molar-refractivity contribution in [3.63, 3.8) is 0 Å². The molecule has 28 heteroatoms. The van der Waals surface area contributed by atoms with Gasteiger partial charge in [-0.2, -0.15) is 4.31 Å². The second-order valence-electron chi connectivity index (χ2n) is 15.5. The van der Waals surface area contributed by atoms with Crippen LogP contribution in [0.1, 0.15) is 98.1 Å². The Kier molecular flexibility index (Phi) is 21.5. The lowest BCUT2D eigenvalue weighted by atomic mass is 9.87. The van der Waals surface area contributed by atoms with Gasteiger partial charge in [0.15, 0.2) is 22.8 Å². The number of hydrogen-bond acceptors (Lipinski definition) is 18. The molecule has 3 heterocycles. The first-order valence-electron chi connectivity index (χ1n) is 20.0. The normalized spacial score (nSPS) is 21.3. The first-order chi connectivity index (χ1) is 28.9. The van der Waals surface area contributed by atoms with Gasteiger partial charge in [-0.25, -0.2) is 28.6 Å². The fourth-order valence-electron chi connectivity index (χ4n) is 6.15. The van der Waals surface area contributed by atoms with E-state index in [0.717, 1.165) is 41.8 Å². The molecule has 10 N–H and O–H groups in total. The number of fused-ring (bicyclic) bond motifs is 1. The van der Waals surface area contributed by atoms with E-state index in [-0.39, 0.29) is 41.6 Å². The smallest absolute Gasteiger partial charge is 0.386 e. The minimum atomic E-state index is -5.57. The number of nitrogens with two attached hydrogens (primary N) is 1. The predicted molar refractivity (Wildman–Crippen MR) is 223 cm³/mol. The molecule has 8 atom stereocenters. The molecule has 8 unspecified atom stereocenters. The zero-order chi connectivity index (χ0) is 46.3. The van der Waals surface area contributed by atoms with E-state index in [1.807, 2.05) is 0 Å². The molecule has 2 amide bonds. The number of ether oxygens (including phenoxy) is 1. The number of aromatic nitrogens is 4. The van der Waals surface area contributed by atoms with Crippen molar-refractivity contribution in [2.75, 3.05) is 37.8 Å². The second kappa shape index (κ2) is 24.7. The maximum Gasteiger partial charge on any atom is 0.481 e. The molecule has 1 fully saturated rings. The minimum absolute atomic E-state index is 0.0330. The summed E-state index contributed by atoms with van der Waals surface area (Å²) in [4.78, 5) is 88.3. The average molecular weight is 964 g/mol. The van der Waals surface area contributed by atoms with E-state index in [1.165, 1.54) is 52.4 Å². The van der Waals surface area contributed by atoms with Crippen molar-refractivity contribution < 1.29 is 80.5 Å². The monoisotopic (exact) mass is 963 g/mol. The van der Waals surface area contributed by atoms with E-state index >= 15 is 0 Å². The molecule has 24 nitrogen and oxygen atoms in total. The van der Waals surface area contributed by atoms with Gasteiger partial charge in [0.2, 0.25) is 11.8 Å². The minimum Gasteiger partial charge on any atom is -0.386 e. The summed E-state index contributed by atoms with van der Waals surface area (Å²) in [5.74, 6) is -0.558. The van der Waals surface area contributed by atoms with Gasteiger partial charge in [0.25, 0.3) is 0 Å². The highest BCUT2D eigenvalue weighted by Crippen LogP contribution is 2.61. The van der Waals surface area contributed by atoms with Crippen LogP contribution in [0.2, 0.25) is 0 Å². The molecule has 0 aliphatic carbocycles. The Morgan fingerprint density at radius 2 is 1.65 bits per heavy atom. The van der Waals surface area contributed by atoms with Crippen molar-refractivity contribution in [3.8, 4) is 0 Å². The highest BCUT2D eigenvalue weighted by Gasteiger charge is 2.50. The molecule has 0 bridgehead atoms. The van der Waals surface area contributed by atoms with Crippen molar-refractivity contribution in [2.45, 2.75) is 123 Å². The van der Waals surface area contributed by atoms with Gasteiger partial charge in [-0.15, -0.1) is 0 Å². The Labute approximate surface area is 363 Å². The third kappa shape index (κ3) is 18.2. The number of unbranched alkanes of at least 4 members (excludes halogenated alkanes) is 5. The molecule has 0 aromatic carbocycles. The van der Waals surface area contributed by atoms with Crippen LogP contribution >= 0.6 is 35.2 Å².